The van der Waals surface area contributed by atoms with Crippen molar-refractivity contribution in [3.8, 4) is 11.5 Å². The molecule has 5 nitrogen and oxygen atoms in total. The molecule has 3 rings (SSSR count). The summed E-state index contributed by atoms with van der Waals surface area (Å²) in [5.74, 6) is 1.43. The highest BCUT2D eigenvalue weighted by Gasteiger charge is 2.27. The number of nitrogens with zero attached hydrogens (tertiary/aromatic N) is 1. The second kappa shape index (κ2) is 10.7. The summed E-state index contributed by atoms with van der Waals surface area (Å²) in [6, 6.07) is 12.4. The molecule has 1 aliphatic heterocycles. The molecular formula is C23H25Cl2NO4. The summed E-state index contributed by atoms with van der Waals surface area (Å²) < 4.78 is 10.8. The highest BCUT2D eigenvalue weighted by atomic mass is 35.5. The van der Waals surface area contributed by atoms with Crippen molar-refractivity contribution in [2.24, 2.45) is 5.92 Å². The largest absolute Gasteiger partial charge is 0.497 e. The van der Waals surface area contributed by atoms with Crippen molar-refractivity contribution in [1.29, 1.82) is 0 Å². The number of methoxy groups -OCH3 is 1. The molecule has 1 saturated heterocycles. The van der Waals surface area contributed by atoms with Crippen LogP contribution in [0.1, 0.15) is 36.0 Å². The molecule has 0 atom stereocenters. The number of Topliss-reactive ketones (excluding diaryl/α,β-unsaturated/α-hetero) is 1. The van der Waals surface area contributed by atoms with Gasteiger partial charge in [0, 0.05) is 31.0 Å². The molecule has 0 aliphatic carbocycles. The van der Waals surface area contributed by atoms with E-state index in [2.05, 4.69) is 0 Å². The van der Waals surface area contributed by atoms with E-state index < -0.39 is 0 Å². The van der Waals surface area contributed by atoms with Crippen molar-refractivity contribution < 1.29 is 19.1 Å². The second-order valence-corrected chi connectivity index (χ2v) is 8.04. The van der Waals surface area contributed by atoms with E-state index in [9.17, 15) is 9.59 Å². The third-order valence-electron chi connectivity index (χ3n) is 5.30. The zero-order valence-corrected chi connectivity index (χ0v) is 18.4. The highest BCUT2D eigenvalue weighted by molar-refractivity contribution is 6.42. The predicted molar refractivity (Wildman–Crippen MR) is 118 cm³/mol. The van der Waals surface area contributed by atoms with Crippen LogP contribution in [-0.2, 0) is 4.79 Å². The van der Waals surface area contributed by atoms with Gasteiger partial charge in [0.2, 0.25) is 5.91 Å². The molecule has 0 aromatic heterocycles. The molecule has 1 fully saturated rings. The average Bonchev–Trinajstić information content (AvgIpc) is 2.79. The molecule has 30 heavy (non-hydrogen) atoms. The summed E-state index contributed by atoms with van der Waals surface area (Å²) >= 11 is 12.1. The van der Waals surface area contributed by atoms with Crippen LogP contribution in [0.5, 0.6) is 11.5 Å². The zero-order chi connectivity index (χ0) is 21.5. The molecule has 2 aromatic carbocycles. The van der Waals surface area contributed by atoms with E-state index in [1.54, 1.807) is 49.6 Å². The minimum atomic E-state index is -0.0456. The van der Waals surface area contributed by atoms with E-state index in [-0.39, 0.29) is 17.6 Å². The molecule has 2 aromatic rings. The van der Waals surface area contributed by atoms with Crippen LogP contribution in [0.25, 0.3) is 0 Å². The Morgan fingerprint density at radius 3 is 2.43 bits per heavy atom. The molecule has 0 radical (unpaired) electrons. The van der Waals surface area contributed by atoms with E-state index >= 15 is 0 Å². The molecular weight excluding hydrogens is 425 g/mol. The summed E-state index contributed by atoms with van der Waals surface area (Å²) in [4.78, 5) is 27.0. The van der Waals surface area contributed by atoms with Crippen molar-refractivity contribution >= 4 is 34.9 Å². The van der Waals surface area contributed by atoms with E-state index in [4.69, 9.17) is 32.7 Å². The fraction of sp³-hybridized carbons (Fsp3) is 0.391. The third-order valence-corrected chi connectivity index (χ3v) is 6.10. The highest BCUT2D eigenvalue weighted by Crippen LogP contribution is 2.31. The van der Waals surface area contributed by atoms with Gasteiger partial charge in [-0.3, -0.25) is 9.59 Å². The van der Waals surface area contributed by atoms with Crippen molar-refractivity contribution in [1.82, 2.24) is 4.90 Å². The molecule has 0 bridgehead atoms. The lowest BCUT2D eigenvalue weighted by Crippen LogP contribution is -2.40. The third kappa shape index (κ3) is 5.67. The number of piperidine rings is 1. The summed E-state index contributed by atoms with van der Waals surface area (Å²) in [5.41, 5.74) is 0.692. The van der Waals surface area contributed by atoms with E-state index in [1.807, 2.05) is 4.90 Å². The number of amides is 1. The Hall–Kier alpha value is -2.24. The Bertz CT molecular complexity index is 877. The minimum absolute atomic E-state index is 0.0456. The van der Waals surface area contributed by atoms with Crippen LogP contribution in [0.3, 0.4) is 0 Å². The van der Waals surface area contributed by atoms with Crippen LogP contribution in [-0.4, -0.2) is 43.4 Å². The maximum atomic E-state index is 12.7. The Balaban J connectivity index is 1.40. The van der Waals surface area contributed by atoms with Crippen molar-refractivity contribution in [2.45, 2.75) is 25.7 Å². The summed E-state index contributed by atoms with van der Waals surface area (Å²) in [7, 11) is 1.60. The number of carbonyl (C=O) groups excluding carboxylic acids is 2. The molecule has 1 amide bonds. The Morgan fingerprint density at radius 2 is 1.77 bits per heavy atom. The van der Waals surface area contributed by atoms with Crippen molar-refractivity contribution in [3.63, 3.8) is 0 Å². The zero-order valence-electron chi connectivity index (χ0n) is 16.9. The van der Waals surface area contributed by atoms with E-state index in [0.717, 1.165) is 5.75 Å². The van der Waals surface area contributed by atoms with Crippen LogP contribution < -0.4 is 9.47 Å². The first-order chi connectivity index (χ1) is 14.5. The number of likely N-dealkylation sites (tertiary alicyclic amines) is 1. The van der Waals surface area contributed by atoms with Gasteiger partial charge in [-0.15, -0.1) is 0 Å². The molecule has 1 heterocycles. The van der Waals surface area contributed by atoms with Gasteiger partial charge in [0.25, 0.3) is 0 Å². The van der Waals surface area contributed by atoms with Gasteiger partial charge in [0.15, 0.2) is 5.78 Å². The quantitative estimate of drug-likeness (QED) is 0.406. The number of hydrogen-bond donors (Lipinski definition) is 0. The maximum absolute atomic E-state index is 12.7. The van der Waals surface area contributed by atoms with E-state index in [1.165, 1.54) is 0 Å². The van der Waals surface area contributed by atoms with Gasteiger partial charge in [-0.25, -0.2) is 0 Å². The SMILES string of the molecule is COc1ccc(C(=O)C2CCN(C(=O)CCCOc3cccc(Cl)c3Cl)CC2)cc1. The fourth-order valence-corrected chi connectivity index (χ4v) is 3.89. The topological polar surface area (TPSA) is 55.8 Å². The molecule has 1 aliphatic rings. The van der Waals surface area contributed by atoms with Gasteiger partial charge in [0.05, 0.1) is 18.7 Å². The lowest BCUT2D eigenvalue weighted by Gasteiger charge is -2.31. The molecule has 160 valence electrons. The van der Waals surface area contributed by atoms with Gasteiger partial charge >= 0.3 is 0 Å². The van der Waals surface area contributed by atoms with Gasteiger partial charge in [-0.2, -0.15) is 0 Å². The van der Waals surface area contributed by atoms with Gasteiger partial charge < -0.3 is 14.4 Å². The van der Waals surface area contributed by atoms with Crippen LogP contribution in [0.15, 0.2) is 42.5 Å². The van der Waals surface area contributed by atoms with Crippen LogP contribution >= 0.6 is 23.2 Å². The number of halogens is 2. The monoisotopic (exact) mass is 449 g/mol. The molecule has 0 unspecified atom stereocenters. The van der Waals surface area contributed by atoms with E-state index in [0.29, 0.717) is 66.7 Å². The van der Waals surface area contributed by atoms with Crippen LogP contribution in [0, 0.1) is 5.92 Å². The lowest BCUT2D eigenvalue weighted by molar-refractivity contribution is -0.132. The summed E-state index contributed by atoms with van der Waals surface area (Å²) in [5, 5.41) is 0.825. The summed E-state index contributed by atoms with van der Waals surface area (Å²) in [6.45, 7) is 1.59. The Morgan fingerprint density at radius 1 is 1.07 bits per heavy atom. The molecule has 0 spiro atoms. The predicted octanol–water partition coefficient (Wildman–Crippen LogP) is 5.28. The number of ether oxygens (including phenoxy) is 2. The second-order valence-electron chi connectivity index (χ2n) is 7.25. The smallest absolute Gasteiger partial charge is 0.222 e. The van der Waals surface area contributed by atoms with Crippen molar-refractivity contribution in [2.75, 3.05) is 26.8 Å². The maximum Gasteiger partial charge on any atom is 0.222 e. The Labute approximate surface area is 186 Å². The van der Waals surface area contributed by atoms with Crippen LogP contribution in [0.2, 0.25) is 10.0 Å². The number of carbonyl (C=O) groups is 2. The van der Waals surface area contributed by atoms with Gasteiger partial charge in [-0.1, -0.05) is 29.3 Å². The number of benzene rings is 2. The molecule has 7 heteroatoms. The number of rotatable bonds is 8. The molecule has 0 N–H and O–H groups in total. The number of hydrogen-bond acceptors (Lipinski definition) is 4. The van der Waals surface area contributed by atoms with Gasteiger partial charge in [-0.05, 0) is 55.7 Å². The summed E-state index contributed by atoms with van der Waals surface area (Å²) in [6.07, 6.45) is 2.36. The first-order valence-electron chi connectivity index (χ1n) is 10.0. The first kappa shape index (κ1) is 22.4. The first-order valence-corrected chi connectivity index (χ1v) is 10.8. The fourth-order valence-electron chi connectivity index (χ4n) is 3.54. The van der Waals surface area contributed by atoms with Crippen LogP contribution in [0.4, 0.5) is 0 Å². The molecule has 0 saturated carbocycles. The lowest BCUT2D eigenvalue weighted by atomic mass is 9.88. The minimum Gasteiger partial charge on any atom is -0.497 e. The normalized spacial score (nSPS) is 14.4. The van der Waals surface area contributed by atoms with Gasteiger partial charge in [0.1, 0.15) is 16.5 Å². The van der Waals surface area contributed by atoms with Crippen molar-refractivity contribution in [3.05, 3.63) is 58.1 Å². The number of ketones is 1. The Kier molecular flexibility index (Phi) is 8.00. The standard InChI is InChI=1S/C23H25Cl2NO4/c1-29-18-9-7-16(8-10-18)23(28)17-11-13-26(14-12-17)21(27)6-3-15-30-20-5-2-4-19(24)22(20)25/h2,4-5,7-10,17H,3,6,11-15H2,1H3. The average molecular weight is 450 g/mol.